The first-order chi connectivity index (χ1) is 5.72. The smallest absolute Gasteiger partial charge is 0.0528 e. The molecule has 12 heavy (non-hydrogen) atoms. The lowest BCUT2D eigenvalue weighted by atomic mass is 10.2. The van der Waals surface area contributed by atoms with Crippen LogP contribution in [-0.2, 0) is 0 Å². The number of nitrogens with one attached hydrogen (secondary N) is 1. The standard InChI is InChI=1S/C10H16N2/c1-4-8(2)12-10-6-5-9(3)11-7-10/h5-8,12H,4H2,1-3H3. The third-order valence-corrected chi connectivity index (χ3v) is 1.94. The molecule has 0 amide bonds. The molecule has 0 bridgehead atoms. The maximum absolute atomic E-state index is 4.20. The number of aromatic nitrogens is 1. The molecule has 0 saturated heterocycles. The second-order valence-electron chi connectivity index (χ2n) is 3.14. The Labute approximate surface area is 74.0 Å². The topological polar surface area (TPSA) is 24.9 Å². The van der Waals surface area contributed by atoms with E-state index in [0.29, 0.717) is 6.04 Å². The van der Waals surface area contributed by atoms with Crippen molar-refractivity contribution in [2.24, 2.45) is 0 Å². The Hall–Kier alpha value is -1.05. The molecule has 1 aromatic rings. The molecule has 2 heteroatoms. The molecule has 0 saturated carbocycles. The molecule has 0 aliphatic rings. The van der Waals surface area contributed by atoms with Gasteiger partial charge in [-0.1, -0.05) is 6.92 Å². The summed E-state index contributed by atoms with van der Waals surface area (Å²) in [5.41, 5.74) is 2.17. The number of hydrogen-bond acceptors (Lipinski definition) is 2. The minimum Gasteiger partial charge on any atom is -0.381 e. The summed E-state index contributed by atoms with van der Waals surface area (Å²) in [6.45, 7) is 6.33. The normalized spacial score (nSPS) is 12.6. The van der Waals surface area contributed by atoms with Crippen molar-refractivity contribution >= 4 is 5.69 Å². The quantitative estimate of drug-likeness (QED) is 0.742. The zero-order chi connectivity index (χ0) is 8.97. The minimum absolute atomic E-state index is 0.523. The van der Waals surface area contributed by atoms with Crippen LogP contribution in [-0.4, -0.2) is 11.0 Å². The average molecular weight is 164 g/mol. The molecule has 66 valence electrons. The van der Waals surface area contributed by atoms with E-state index in [-0.39, 0.29) is 0 Å². The van der Waals surface area contributed by atoms with E-state index in [1.54, 1.807) is 0 Å². The first kappa shape index (κ1) is 9.04. The summed E-state index contributed by atoms with van der Waals surface area (Å²) < 4.78 is 0. The second-order valence-corrected chi connectivity index (χ2v) is 3.14. The maximum Gasteiger partial charge on any atom is 0.0528 e. The molecule has 2 nitrogen and oxygen atoms in total. The van der Waals surface area contributed by atoms with Gasteiger partial charge in [0.05, 0.1) is 11.9 Å². The van der Waals surface area contributed by atoms with Crippen LogP contribution in [0.15, 0.2) is 18.3 Å². The Balaban J connectivity index is 2.58. The predicted molar refractivity (Wildman–Crippen MR) is 52.3 cm³/mol. The molecule has 1 unspecified atom stereocenters. The zero-order valence-corrected chi connectivity index (χ0v) is 7.96. The number of pyridine rings is 1. The van der Waals surface area contributed by atoms with Crippen molar-refractivity contribution in [2.75, 3.05) is 5.32 Å². The van der Waals surface area contributed by atoms with Gasteiger partial charge in [-0.15, -0.1) is 0 Å². The van der Waals surface area contributed by atoms with Crippen molar-refractivity contribution in [1.82, 2.24) is 4.98 Å². The maximum atomic E-state index is 4.20. The lowest BCUT2D eigenvalue weighted by Gasteiger charge is -2.12. The highest BCUT2D eigenvalue weighted by molar-refractivity contribution is 5.41. The number of hydrogen-bond donors (Lipinski definition) is 1. The molecule has 0 fully saturated rings. The van der Waals surface area contributed by atoms with E-state index >= 15 is 0 Å². The lowest BCUT2D eigenvalue weighted by Crippen LogP contribution is -2.13. The monoisotopic (exact) mass is 164 g/mol. The van der Waals surface area contributed by atoms with Gasteiger partial charge >= 0.3 is 0 Å². The van der Waals surface area contributed by atoms with Gasteiger partial charge in [0.25, 0.3) is 0 Å². The Morgan fingerprint density at radius 3 is 2.75 bits per heavy atom. The lowest BCUT2D eigenvalue weighted by molar-refractivity contribution is 0.763. The highest BCUT2D eigenvalue weighted by Gasteiger charge is 1.97. The fraction of sp³-hybridized carbons (Fsp3) is 0.500. The van der Waals surface area contributed by atoms with Crippen molar-refractivity contribution in [3.8, 4) is 0 Å². The molecule has 1 aromatic heterocycles. The van der Waals surface area contributed by atoms with Gasteiger partial charge in [-0.05, 0) is 32.4 Å². The summed E-state index contributed by atoms with van der Waals surface area (Å²) in [6, 6.07) is 4.61. The van der Waals surface area contributed by atoms with Crippen LogP contribution in [0.3, 0.4) is 0 Å². The third kappa shape index (κ3) is 2.53. The molecule has 0 spiro atoms. The van der Waals surface area contributed by atoms with Gasteiger partial charge in [0.1, 0.15) is 0 Å². The van der Waals surface area contributed by atoms with Gasteiger partial charge in [0.2, 0.25) is 0 Å². The molecule has 0 aliphatic carbocycles. The fourth-order valence-corrected chi connectivity index (χ4v) is 0.940. The van der Waals surface area contributed by atoms with Crippen LogP contribution in [0, 0.1) is 6.92 Å². The second kappa shape index (κ2) is 4.10. The van der Waals surface area contributed by atoms with Crippen LogP contribution in [0.25, 0.3) is 0 Å². The summed E-state index contributed by atoms with van der Waals surface area (Å²) in [7, 11) is 0. The summed E-state index contributed by atoms with van der Waals surface area (Å²) in [5.74, 6) is 0. The first-order valence-corrected chi connectivity index (χ1v) is 4.41. The molecular formula is C10H16N2. The third-order valence-electron chi connectivity index (χ3n) is 1.94. The number of anilines is 1. The van der Waals surface area contributed by atoms with Crippen molar-refractivity contribution in [1.29, 1.82) is 0 Å². The Kier molecular flexibility index (Phi) is 3.09. The molecule has 0 aromatic carbocycles. The summed E-state index contributed by atoms with van der Waals surface area (Å²) >= 11 is 0. The molecular weight excluding hydrogens is 148 g/mol. The van der Waals surface area contributed by atoms with Crippen molar-refractivity contribution in [3.63, 3.8) is 0 Å². The SMILES string of the molecule is CCC(C)Nc1ccc(C)nc1. The molecule has 1 rings (SSSR count). The number of aryl methyl sites for hydroxylation is 1. The van der Waals surface area contributed by atoms with E-state index in [1.807, 2.05) is 19.2 Å². The van der Waals surface area contributed by atoms with E-state index < -0.39 is 0 Å². The summed E-state index contributed by atoms with van der Waals surface area (Å²) in [4.78, 5) is 4.20. The Morgan fingerprint density at radius 1 is 1.50 bits per heavy atom. The Bertz CT molecular complexity index is 228. The first-order valence-electron chi connectivity index (χ1n) is 4.41. The molecule has 1 atom stereocenters. The van der Waals surface area contributed by atoms with E-state index in [1.165, 1.54) is 0 Å². The number of rotatable bonds is 3. The van der Waals surface area contributed by atoms with Crippen LogP contribution >= 0.6 is 0 Å². The van der Waals surface area contributed by atoms with Crippen molar-refractivity contribution in [2.45, 2.75) is 33.2 Å². The molecule has 1 heterocycles. The predicted octanol–water partition coefficient (Wildman–Crippen LogP) is 2.60. The molecule has 0 radical (unpaired) electrons. The van der Waals surface area contributed by atoms with Crippen LogP contribution in [0.5, 0.6) is 0 Å². The van der Waals surface area contributed by atoms with Crippen LogP contribution in [0.1, 0.15) is 26.0 Å². The van der Waals surface area contributed by atoms with E-state index in [0.717, 1.165) is 17.8 Å². The largest absolute Gasteiger partial charge is 0.381 e. The van der Waals surface area contributed by atoms with Crippen molar-refractivity contribution < 1.29 is 0 Å². The van der Waals surface area contributed by atoms with Crippen molar-refractivity contribution in [3.05, 3.63) is 24.0 Å². The minimum atomic E-state index is 0.523. The van der Waals surface area contributed by atoms with E-state index in [9.17, 15) is 0 Å². The average Bonchev–Trinajstić information content (AvgIpc) is 2.09. The summed E-state index contributed by atoms with van der Waals surface area (Å²) in [6.07, 6.45) is 3.01. The van der Waals surface area contributed by atoms with Gasteiger partial charge in [-0.25, -0.2) is 0 Å². The fourth-order valence-electron chi connectivity index (χ4n) is 0.940. The van der Waals surface area contributed by atoms with Gasteiger partial charge in [-0.3, -0.25) is 4.98 Å². The van der Waals surface area contributed by atoms with Crippen LogP contribution < -0.4 is 5.32 Å². The van der Waals surface area contributed by atoms with Gasteiger partial charge in [0.15, 0.2) is 0 Å². The van der Waals surface area contributed by atoms with E-state index in [2.05, 4.69) is 30.2 Å². The zero-order valence-electron chi connectivity index (χ0n) is 7.96. The van der Waals surface area contributed by atoms with Crippen LogP contribution in [0.4, 0.5) is 5.69 Å². The van der Waals surface area contributed by atoms with Crippen LogP contribution in [0.2, 0.25) is 0 Å². The van der Waals surface area contributed by atoms with Gasteiger partial charge in [-0.2, -0.15) is 0 Å². The summed E-state index contributed by atoms with van der Waals surface area (Å²) in [5, 5.41) is 3.36. The highest BCUT2D eigenvalue weighted by atomic mass is 14.9. The van der Waals surface area contributed by atoms with Gasteiger partial charge < -0.3 is 5.32 Å². The molecule has 0 aliphatic heterocycles. The highest BCUT2D eigenvalue weighted by Crippen LogP contribution is 2.07. The Morgan fingerprint density at radius 2 is 2.25 bits per heavy atom. The molecule has 1 N–H and O–H groups in total. The number of nitrogens with zero attached hydrogens (tertiary/aromatic N) is 1. The van der Waals surface area contributed by atoms with E-state index in [4.69, 9.17) is 0 Å². The van der Waals surface area contributed by atoms with Gasteiger partial charge in [0, 0.05) is 11.7 Å².